The number of rotatable bonds is 7. The lowest BCUT2D eigenvalue weighted by molar-refractivity contribution is 0.821. The second-order valence-corrected chi connectivity index (χ2v) is 6.92. The summed E-state index contributed by atoms with van der Waals surface area (Å²) in [7, 11) is 0. The zero-order chi connectivity index (χ0) is 19.0. The van der Waals surface area contributed by atoms with Crippen LogP contribution in [0.15, 0.2) is 121 Å². The summed E-state index contributed by atoms with van der Waals surface area (Å²) in [5.74, 6) is 2.79. The van der Waals surface area contributed by atoms with Crippen LogP contribution in [-0.4, -0.2) is 0 Å². The van der Waals surface area contributed by atoms with Gasteiger partial charge in [-0.2, -0.15) is 0 Å². The van der Waals surface area contributed by atoms with E-state index in [0.29, 0.717) is 0 Å². The first-order valence-corrected chi connectivity index (χ1v) is 9.85. The highest BCUT2D eigenvalue weighted by atomic mass is 14.2. The van der Waals surface area contributed by atoms with Crippen molar-refractivity contribution < 1.29 is 0 Å². The van der Waals surface area contributed by atoms with Gasteiger partial charge in [0, 0.05) is 11.8 Å². The first-order chi connectivity index (χ1) is 13.9. The van der Waals surface area contributed by atoms with E-state index in [9.17, 15) is 0 Å². The van der Waals surface area contributed by atoms with E-state index in [1.165, 1.54) is 34.1 Å². The summed E-state index contributed by atoms with van der Waals surface area (Å²) in [5, 5.41) is 0. The lowest BCUT2D eigenvalue weighted by atomic mass is 9.81. The monoisotopic (exact) mass is 360 g/mol. The van der Waals surface area contributed by atoms with Crippen molar-refractivity contribution in [1.82, 2.24) is 0 Å². The lowest BCUT2D eigenvalue weighted by Gasteiger charge is -2.22. The van der Waals surface area contributed by atoms with Crippen LogP contribution in [0.25, 0.3) is 0 Å². The Hall–Kier alpha value is -3.12. The molecule has 0 amide bonds. The third-order valence-corrected chi connectivity index (χ3v) is 5.11. The van der Waals surface area contributed by atoms with Crippen LogP contribution in [0.2, 0.25) is 0 Å². The Morgan fingerprint density at radius 3 is 0.750 bits per heavy atom. The van der Waals surface area contributed by atoms with Crippen LogP contribution >= 0.6 is 0 Å². The molecule has 0 atom stereocenters. The molecular formula is C28H24. The van der Waals surface area contributed by atoms with E-state index in [2.05, 4.69) is 121 Å². The van der Waals surface area contributed by atoms with Gasteiger partial charge in [-0.05, 0) is 35.1 Å². The van der Waals surface area contributed by atoms with Gasteiger partial charge in [0.25, 0.3) is 0 Å². The summed E-state index contributed by atoms with van der Waals surface area (Å²) in [5.41, 5.74) is 5.20. The third-order valence-electron chi connectivity index (χ3n) is 5.11. The molecule has 4 aromatic carbocycles. The fraction of sp³-hybridized carbons (Fsp3) is 0.0714. The second-order valence-electron chi connectivity index (χ2n) is 6.92. The largest absolute Gasteiger partial charge is 0.0622 e. The molecule has 0 bridgehead atoms. The minimum Gasteiger partial charge on any atom is -0.0622 e. The smallest absolute Gasteiger partial charge is 0.0340 e. The summed E-state index contributed by atoms with van der Waals surface area (Å²) in [6.07, 6.45) is 1.99. The minimum absolute atomic E-state index is 0.993. The zero-order valence-electron chi connectivity index (χ0n) is 16.0. The lowest BCUT2D eigenvalue weighted by Crippen LogP contribution is -2.08. The summed E-state index contributed by atoms with van der Waals surface area (Å²) >= 11 is 0. The van der Waals surface area contributed by atoms with Crippen LogP contribution < -0.4 is 0 Å². The molecule has 2 radical (unpaired) electrons. The summed E-state index contributed by atoms with van der Waals surface area (Å²) in [6.45, 7) is 0. The first kappa shape index (κ1) is 18.3. The van der Waals surface area contributed by atoms with Crippen molar-refractivity contribution in [1.29, 1.82) is 0 Å². The van der Waals surface area contributed by atoms with Gasteiger partial charge in [-0.25, -0.2) is 0 Å². The van der Waals surface area contributed by atoms with Crippen LogP contribution in [0.1, 0.15) is 35.1 Å². The fourth-order valence-corrected chi connectivity index (χ4v) is 3.72. The Balaban J connectivity index is 1.64. The molecule has 0 spiro atoms. The van der Waals surface area contributed by atoms with Crippen LogP contribution in [0.5, 0.6) is 0 Å². The molecule has 0 heteroatoms. The molecule has 0 aliphatic carbocycles. The van der Waals surface area contributed by atoms with Crippen LogP contribution in [0.4, 0.5) is 0 Å². The Labute approximate surface area is 168 Å². The maximum Gasteiger partial charge on any atom is 0.0340 e. The van der Waals surface area contributed by atoms with Crippen LogP contribution in [-0.2, 0) is 0 Å². The molecule has 0 heterocycles. The quantitative estimate of drug-likeness (QED) is 0.329. The molecule has 0 saturated heterocycles. The van der Waals surface area contributed by atoms with Crippen LogP contribution in [0, 0.1) is 11.8 Å². The number of hydrogen-bond donors (Lipinski definition) is 0. The normalized spacial score (nSPS) is 11.1. The summed E-state index contributed by atoms with van der Waals surface area (Å²) in [6, 6.07) is 43.0. The number of hydrogen-bond acceptors (Lipinski definition) is 0. The summed E-state index contributed by atoms with van der Waals surface area (Å²) < 4.78 is 0. The molecule has 0 aliphatic heterocycles. The van der Waals surface area contributed by atoms with Gasteiger partial charge in [0.2, 0.25) is 0 Å². The molecule has 0 N–H and O–H groups in total. The van der Waals surface area contributed by atoms with E-state index in [0.717, 1.165) is 12.8 Å². The Morgan fingerprint density at radius 2 is 0.536 bits per heavy atom. The predicted molar refractivity (Wildman–Crippen MR) is 118 cm³/mol. The van der Waals surface area contributed by atoms with Crippen molar-refractivity contribution in [3.8, 4) is 0 Å². The molecule has 28 heavy (non-hydrogen) atoms. The predicted octanol–water partition coefficient (Wildman–Crippen LogP) is 7.11. The maximum atomic E-state index is 2.22. The fourth-order valence-electron chi connectivity index (χ4n) is 3.72. The minimum atomic E-state index is 0.993. The van der Waals surface area contributed by atoms with E-state index in [4.69, 9.17) is 0 Å². The van der Waals surface area contributed by atoms with E-state index in [-0.39, 0.29) is 0 Å². The average Bonchev–Trinajstić information content (AvgIpc) is 2.79. The molecule has 0 unspecified atom stereocenters. The van der Waals surface area contributed by atoms with Gasteiger partial charge >= 0.3 is 0 Å². The molecule has 0 nitrogen and oxygen atoms in total. The van der Waals surface area contributed by atoms with Crippen molar-refractivity contribution in [3.63, 3.8) is 0 Å². The van der Waals surface area contributed by atoms with Crippen molar-refractivity contribution in [2.75, 3.05) is 0 Å². The average molecular weight is 361 g/mol. The van der Waals surface area contributed by atoms with Crippen LogP contribution in [0.3, 0.4) is 0 Å². The van der Waals surface area contributed by atoms with Crippen molar-refractivity contribution >= 4 is 0 Å². The zero-order valence-corrected chi connectivity index (χ0v) is 16.0. The van der Waals surface area contributed by atoms with E-state index in [1.54, 1.807) is 0 Å². The van der Waals surface area contributed by atoms with Gasteiger partial charge in [0.1, 0.15) is 0 Å². The molecule has 0 aliphatic rings. The second kappa shape index (κ2) is 9.19. The van der Waals surface area contributed by atoms with Gasteiger partial charge in [-0.15, -0.1) is 0 Å². The van der Waals surface area contributed by atoms with E-state index in [1.807, 2.05) is 0 Å². The van der Waals surface area contributed by atoms with Gasteiger partial charge in [-0.3, -0.25) is 0 Å². The van der Waals surface area contributed by atoms with Crippen molar-refractivity contribution in [2.24, 2.45) is 0 Å². The summed E-state index contributed by atoms with van der Waals surface area (Å²) in [4.78, 5) is 0. The highest BCUT2D eigenvalue weighted by Gasteiger charge is 2.20. The Bertz CT molecular complexity index is 782. The van der Waals surface area contributed by atoms with Crippen molar-refractivity contribution in [2.45, 2.75) is 12.8 Å². The highest BCUT2D eigenvalue weighted by molar-refractivity contribution is 5.49. The van der Waals surface area contributed by atoms with Gasteiger partial charge in [-0.1, -0.05) is 121 Å². The number of benzene rings is 4. The first-order valence-electron chi connectivity index (χ1n) is 9.85. The van der Waals surface area contributed by atoms with Gasteiger partial charge in [0.05, 0.1) is 0 Å². The highest BCUT2D eigenvalue weighted by Crippen LogP contribution is 2.34. The molecule has 4 rings (SSSR count). The molecule has 4 aromatic rings. The molecule has 0 aromatic heterocycles. The molecular weight excluding hydrogens is 336 g/mol. The SMILES string of the molecule is c1ccc([C](CC[C](c2ccccc2)c2ccccc2)c2ccccc2)cc1. The molecule has 136 valence electrons. The van der Waals surface area contributed by atoms with Crippen molar-refractivity contribution in [3.05, 3.63) is 155 Å². The molecule has 0 saturated carbocycles. The maximum absolute atomic E-state index is 2.22. The van der Waals surface area contributed by atoms with E-state index >= 15 is 0 Å². The Kier molecular flexibility index (Phi) is 5.99. The molecule has 0 fully saturated rings. The topological polar surface area (TPSA) is 0 Å². The van der Waals surface area contributed by atoms with E-state index < -0.39 is 0 Å². The van der Waals surface area contributed by atoms with Gasteiger partial charge < -0.3 is 0 Å². The Morgan fingerprint density at radius 1 is 0.321 bits per heavy atom. The van der Waals surface area contributed by atoms with Gasteiger partial charge in [0.15, 0.2) is 0 Å². The standard InChI is InChI=1S/C28H24/c1-5-13-23(14-6-1)27(24-15-7-2-8-16-24)21-22-28(25-17-9-3-10-18-25)26-19-11-4-12-20-26/h1-20H,21-22H2. The third kappa shape index (κ3) is 4.40.